The maximum absolute atomic E-state index is 12.5. The number of ether oxygens (including phenoxy) is 2. The highest BCUT2D eigenvalue weighted by molar-refractivity contribution is 6.30. The fourth-order valence-corrected chi connectivity index (χ4v) is 2.97. The number of nitrogens with zero attached hydrogens (tertiary/aromatic N) is 2. The van der Waals surface area contributed by atoms with Crippen molar-refractivity contribution in [2.75, 3.05) is 12.4 Å². The summed E-state index contributed by atoms with van der Waals surface area (Å²) in [5.74, 6) is 0.221. The topological polar surface area (TPSA) is 114 Å². The summed E-state index contributed by atoms with van der Waals surface area (Å²) in [5.41, 5.74) is 1.32. The molecule has 0 bridgehead atoms. The summed E-state index contributed by atoms with van der Waals surface area (Å²) in [6.45, 7) is 0.303. The summed E-state index contributed by atoms with van der Waals surface area (Å²) < 4.78 is 11.2. The molecule has 166 valence electrons. The lowest BCUT2D eigenvalue weighted by Gasteiger charge is -2.12. The number of methoxy groups -OCH3 is 1. The number of carbonyl (C=O) groups excluding carboxylic acids is 1. The van der Waals surface area contributed by atoms with Crippen LogP contribution in [0.15, 0.2) is 72.3 Å². The molecule has 0 aliphatic rings. The Hall–Kier alpha value is -4.35. The second-order valence-corrected chi connectivity index (χ2v) is 7.19. The molecule has 9 heteroatoms. The first-order chi connectivity index (χ1) is 15.9. The molecule has 0 saturated heterocycles. The maximum atomic E-state index is 12.5. The van der Waals surface area contributed by atoms with E-state index in [9.17, 15) is 20.2 Å². The number of nitrogens with one attached hydrogen (secondary N) is 1. The van der Waals surface area contributed by atoms with Crippen molar-refractivity contribution < 1.29 is 19.2 Å². The van der Waals surface area contributed by atoms with Gasteiger partial charge in [0.15, 0.2) is 11.5 Å². The molecule has 3 aromatic carbocycles. The van der Waals surface area contributed by atoms with Crippen LogP contribution in [-0.4, -0.2) is 17.9 Å². The Kier molecular flexibility index (Phi) is 7.63. The van der Waals surface area contributed by atoms with Crippen molar-refractivity contribution in [2.45, 2.75) is 6.61 Å². The lowest BCUT2D eigenvalue weighted by molar-refractivity contribution is -0.384. The van der Waals surface area contributed by atoms with E-state index in [-0.39, 0.29) is 16.9 Å². The van der Waals surface area contributed by atoms with Gasteiger partial charge in [-0.3, -0.25) is 14.9 Å². The Bertz CT molecular complexity index is 1250. The standard InChI is InChI=1S/C24H18ClN3O5/c1-32-23-12-17(7-10-22(23)33-15-16-5-8-19(25)9-6-16)11-18(14-26)24(29)27-20-3-2-4-21(13-20)28(30)31/h2-13H,15H2,1H3,(H,27,29)/b18-11-. The van der Waals surface area contributed by atoms with E-state index in [0.717, 1.165) is 5.56 Å². The number of carbonyl (C=O) groups is 1. The number of nitriles is 1. The minimum absolute atomic E-state index is 0.172. The molecule has 3 rings (SSSR count). The van der Waals surface area contributed by atoms with Crippen molar-refractivity contribution in [3.05, 3.63) is 98.6 Å². The Balaban J connectivity index is 1.75. The number of anilines is 1. The summed E-state index contributed by atoms with van der Waals surface area (Å²) in [7, 11) is 1.48. The maximum Gasteiger partial charge on any atom is 0.271 e. The SMILES string of the molecule is COc1cc(/C=C(/C#N)C(=O)Nc2cccc([N+](=O)[O-])c2)ccc1OCc1ccc(Cl)cc1. The van der Waals surface area contributed by atoms with Gasteiger partial charge >= 0.3 is 0 Å². The van der Waals surface area contributed by atoms with E-state index in [4.69, 9.17) is 21.1 Å². The van der Waals surface area contributed by atoms with E-state index in [1.54, 1.807) is 30.3 Å². The molecular formula is C24H18ClN3O5. The summed E-state index contributed by atoms with van der Waals surface area (Å²) in [6.07, 6.45) is 1.39. The van der Waals surface area contributed by atoms with Gasteiger partial charge in [0.25, 0.3) is 11.6 Å². The minimum Gasteiger partial charge on any atom is -0.493 e. The molecule has 0 aliphatic carbocycles. The highest BCUT2D eigenvalue weighted by Gasteiger charge is 2.13. The number of benzene rings is 3. The van der Waals surface area contributed by atoms with Crippen LogP contribution in [0.1, 0.15) is 11.1 Å². The molecule has 0 atom stereocenters. The van der Waals surface area contributed by atoms with Gasteiger partial charge < -0.3 is 14.8 Å². The van der Waals surface area contributed by atoms with Gasteiger partial charge in [0.1, 0.15) is 18.2 Å². The largest absolute Gasteiger partial charge is 0.493 e. The zero-order valence-corrected chi connectivity index (χ0v) is 18.2. The molecule has 0 radical (unpaired) electrons. The number of nitro benzene ring substituents is 1. The number of hydrogen-bond acceptors (Lipinski definition) is 6. The number of hydrogen-bond donors (Lipinski definition) is 1. The van der Waals surface area contributed by atoms with Crippen LogP contribution < -0.4 is 14.8 Å². The molecular weight excluding hydrogens is 446 g/mol. The van der Waals surface area contributed by atoms with E-state index >= 15 is 0 Å². The van der Waals surface area contributed by atoms with E-state index in [0.29, 0.717) is 28.7 Å². The summed E-state index contributed by atoms with van der Waals surface area (Å²) in [4.78, 5) is 22.8. The lowest BCUT2D eigenvalue weighted by Crippen LogP contribution is -2.13. The number of amides is 1. The van der Waals surface area contributed by atoms with Gasteiger partial charge in [0.05, 0.1) is 12.0 Å². The molecule has 1 amide bonds. The van der Waals surface area contributed by atoms with Crippen LogP contribution in [0, 0.1) is 21.4 Å². The van der Waals surface area contributed by atoms with Crippen LogP contribution in [0.3, 0.4) is 0 Å². The number of non-ortho nitro benzene ring substituents is 1. The molecule has 0 fully saturated rings. The Morgan fingerprint density at radius 3 is 2.58 bits per heavy atom. The van der Waals surface area contributed by atoms with Gasteiger partial charge in [-0.1, -0.05) is 35.9 Å². The molecule has 33 heavy (non-hydrogen) atoms. The van der Waals surface area contributed by atoms with Gasteiger partial charge in [0.2, 0.25) is 0 Å². The van der Waals surface area contributed by atoms with Crippen LogP contribution in [0.4, 0.5) is 11.4 Å². The molecule has 0 saturated carbocycles. The second kappa shape index (κ2) is 10.8. The lowest BCUT2D eigenvalue weighted by atomic mass is 10.1. The van der Waals surface area contributed by atoms with E-state index in [1.807, 2.05) is 18.2 Å². The van der Waals surface area contributed by atoms with Crippen molar-refractivity contribution in [1.29, 1.82) is 5.26 Å². The summed E-state index contributed by atoms with van der Waals surface area (Å²) >= 11 is 5.89. The molecule has 0 aromatic heterocycles. The fraction of sp³-hybridized carbons (Fsp3) is 0.0833. The second-order valence-electron chi connectivity index (χ2n) is 6.76. The van der Waals surface area contributed by atoms with Gasteiger partial charge in [-0.15, -0.1) is 0 Å². The van der Waals surface area contributed by atoms with Crippen LogP contribution in [0.2, 0.25) is 5.02 Å². The molecule has 0 unspecified atom stereocenters. The zero-order valence-electron chi connectivity index (χ0n) is 17.4. The van der Waals surface area contributed by atoms with Gasteiger partial charge in [0, 0.05) is 22.8 Å². The van der Waals surface area contributed by atoms with E-state index in [1.165, 1.54) is 37.5 Å². The van der Waals surface area contributed by atoms with Crippen molar-refractivity contribution in [1.82, 2.24) is 0 Å². The average Bonchev–Trinajstić information content (AvgIpc) is 2.82. The third-order valence-corrected chi connectivity index (χ3v) is 4.74. The Morgan fingerprint density at radius 1 is 1.15 bits per heavy atom. The first-order valence-electron chi connectivity index (χ1n) is 9.62. The van der Waals surface area contributed by atoms with Gasteiger partial charge in [-0.25, -0.2) is 0 Å². The molecule has 3 aromatic rings. The smallest absolute Gasteiger partial charge is 0.271 e. The monoisotopic (exact) mass is 463 g/mol. The van der Waals surface area contributed by atoms with Crippen LogP contribution in [0.25, 0.3) is 6.08 Å². The molecule has 0 spiro atoms. The number of rotatable bonds is 8. The highest BCUT2D eigenvalue weighted by Crippen LogP contribution is 2.30. The molecule has 0 heterocycles. The van der Waals surface area contributed by atoms with Crippen LogP contribution in [-0.2, 0) is 11.4 Å². The first-order valence-corrected chi connectivity index (χ1v) is 10.0. The van der Waals surface area contributed by atoms with Crippen molar-refractivity contribution in [2.24, 2.45) is 0 Å². The predicted octanol–water partition coefficient (Wildman–Crippen LogP) is 5.38. The van der Waals surface area contributed by atoms with E-state index in [2.05, 4.69) is 5.32 Å². The van der Waals surface area contributed by atoms with Crippen molar-refractivity contribution in [3.8, 4) is 17.6 Å². The quantitative estimate of drug-likeness (QED) is 0.207. The molecule has 8 nitrogen and oxygen atoms in total. The molecule has 1 N–H and O–H groups in total. The van der Waals surface area contributed by atoms with Crippen LogP contribution >= 0.6 is 11.6 Å². The van der Waals surface area contributed by atoms with E-state index < -0.39 is 10.8 Å². The predicted molar refractivity (Wildman–Crippen MR) is 124 cm³/mol. The summed E-state index contributed by atoms with van der Waals surface area (Å²) in [6, 6.07) is 19.5. The number of nitro groups is 1. The average molecular weight is 464 g/mol. The Morgan fingerprint density at radius 2 is 1.91 bits per heavy atom. The normalized spacial score (nSPS) is 10.8. The zero-order chi connectivity index (χ0) is 23.8. The van der Waals surface area contributed by atoms with Crippen molar-refractivity contribution >= 4 is 35.0 Å². The van der Waals surface area contributed by atoms with Gasteiger partial charge in [-0.05, 0) is 47.5 Å². The number of halogens is 1. The third-order valence-electron chi connectivity index (χ3n) is 4.49. The minimum atomic E-state index is -0.694. The first kappa shape index (κ1) is 23.3. The van der Waals surface area contributed by atoms with Gasteiger partial charge in [-0.2, -0.15) is 5.26 Å². The molecule has 0 aliphatic heterocycles. The highest BCUT2D eigenvalue weighted by atomic mass is 35.5. The summed E-state index contributed by atoms with van der Waals surface area (Å²) in [5, 5.41) is 23.5. The third kappa shape index (κ3) is 6.32. The Labute approximate surface area is 194 Å². The van der Waals surface area contributed by atoms with Crippen LogP contribution in [0.5, 0.6) is 11.5 Å². The fourth-order valence-electron chi connectivity index (χ4n) is 2.85. The van der Waals surface area contributed by atoms with Crippen molar-refractivity contribution in [3.63, 3.8) is 0 Å².